The van der Waals surface area contributed by atoms with Crippen molar-refractivity contribution >= 4 is 38.9 Å². The van der Waals surface area contributed by atoms with Gasteiger partial charge in [0.05, 0.1) is 10.7 Å². The van der Waals surface area contributed by atoms with Gasteiger partial charge in [-0.05, 0) is 25.5 Å². The normalized spacial score (nSPS) is 10.7. The summed E-state index contributed by atoms with van der Waals surface area (Å²) in [6.45, 7) is 2.03. The van der Waals surface area contributed by atoms with E-state index in [1.165, 1.54) is 4.88 Å². The number of nitrogens with zero attached hydrogens (tertiary/aromatic N) is 1. The predicted octanol–water partition coefficient (Wildman–Crippen LogP) is 4.66. The predicted molar refractivity (Wildman–Crippen MR) is 74.4 cm³/mol. The minimum Gasteiger partial charge on any atom is -0.241 e. The highest BCUT2D eigenvalue weighted by Crippen LogP contribution is 2.29. The fourth-order valence-electron chi connectivity index (χ4n) is 1.56. The zero-order chi connectivity index (χ0) is 11.5. The van der Waals surface area contributed by atoms with Gasteiger partial charge in [-0.1, -0.05) is 28.1 Å². The van der Waals surface area contributed by atoms with Crippen molar-refractivity contribution in [2.24, 2.45) is 0 Å². The van der Waals surface area contributed by atoms with E-state index in [0.29, 0.717) is 5.88 Å². The number of benzene rings is 1. The standard InChI is InChI=1S/C12H11BrClNS/c1-8-15-12(11(16-8)6-7-14)9-2-4-10(13)5-3-9/h2-5H,6-7H2,1H3. The molecular formula is C12H11BrClNS. The molecule has 0 saturated carbocycles. The molecule has 0 spiro atoms. The Bertz CT molecular complexity index is 478. The van der Waals surface area contributed by atoms with E-state index in [1.807, 2.05) is 19.1 Å². The van der Waals surface area contributed by atoms with Crippen molar-refractivity contribution < 1.29 is 0 Å². The second kappa shape index (κ2) is 5.30. The second-order valence-electron chi connectivity index (χ2n) is 3.45. The molecular weight excluding hydrogens is 306 g/mol. The first-order chi connectivity index (χ1) is 7.70. The number of alkyl halides is 1. The number of aryl methyl sites for hydroxylation is 2. The SMILES string of the molecule is Cc1nc(-c2ccc(Br)cc2)c(CCCl)s1. The van der Waals surface area contributed by atoms with Crippen LogP contribution in [0.1, 0.15) is 9.88 Å². The molecule has 0 saturated heterocycles. The molecule has 0 aliphatic carbocycles. The van der Waals surface area contributed by atoms with Gasteiger partial charge in [0.2, 0.25) is 0 Å². The highest BCUT2D eigenvalue weighted by Gasteiger charge is 2.10. The Balaban J connectivity index is 2.42. The van der Waals surface area contributed by atoms with Crippen LogP contribution < -0.4 is 0 Å². The lowest BCUT2D eigenvalue weighted by Crippen LogP contribution is -1.87. The Morgan fingerprint density at radius 1 is 1.31 bits per heavy atom. The molecule has 16 heavy (non-hydrogen) atoms. The molecule has 0 aliphatic heterocycles. The van der Waals surface area contributed by atoms with E-state index >= 15 is 0 Å². The summed E-state index contributed by atoms with van der Waals surface area (Å²) in [4.78, 5) is 5.85. The van der Waals surface area contributed by atoms with Crippen molar-refractivity contribution in [2.45, 2.75) is 13.3 Å². The topological polar surface area (TPSA) is 12.9 Å². The smallest absolute Gasteiger partial charge is 0.0904 e. The Morgan fingerprint density at radius 3 is 2.62 bits per heavy atom. The zero-order valence-corrected chi connectivity index (χ0v) is 12.0. The Kier molecular flexibility index (Phi) is 4.00. The molecule has 2 rings (SSSR count). The lowest BCUT2D eigenvalue weighted by Gasteiger charge is -2.00. The van der Waals surface area contributed by atoms with Crippen LogP contribution in [0, 0.1) is 6.92 Å². The highest BCUT2D eigenvalue weighted by atomic mass is 79.9. The van der Waals surface area contributed by atoms with Gasteiger partial charge >= 0.3 is 0 Å². The third kappa shape index (κ3) is 2.65. The lowest BCUT2D eigenvalue weighted by atomic mass is 10.1. The molecule has 0 aliphatic rings. The first kappa shape index (κ1) is 12.1. The molecule has 0 bridgehead atoms. The average Bonchev–Trinajstić information content (AvgIpc) is 2.61. The van der Waals surface area contributed by atoms with Gasteiger partial charge in [-0.25, -0.2) is 4.98 Å². The lowest BCUT2D eigenvalue weighted by molar-refractivity contribution is 1.17. The van der Waals surface area contributed by atoms with Gasteiger partial charge in [0, 0.05) is 20.8 Å². The molecule has 0 N–H and O–H groups in total. The second-order valence-corrected chi connectivity index (χ2v) is 6.03. The maximum Gasteiger partial charge on any atom is 0.0904 e. The number of halogens is 2. The van der Waals surface area contributed by atoms with E-state index in [-0.39, 0.29) is 0 Å². The summed E-state index contributed by atoms with van der Waals surface area (Å²) in [6.07, 6.45) is 0.887. The first-order valence-corrected chi connectivity index (χ1v) is 7.13. The van der Waals surface area contributed by atoms with Gasteiger partial charge in [0.1, 0.15) is 0 Å². The van der Waals surface area contributed by atoms with E-state index in [2.05, 4.69) is 33.0 Å². The van der Waals surface area contributed by atoms with Crippen LogP contribution in [0.5, 0.6) is 0 Å². The minimum atomic E-state index is 0.644. The Labute approximate surface area is 113 Å². The molecule has 84 valence electrons. The minimum absolute atomic E-state index is 0.644. The van der Waals surface area contributed by atoms with Crippen molar-refractivity contribution in [1.29, 1.82) is 0 Å². The van der Waals surface area contributed by atoms with E-state index in [1.54, 1.807) is 11.3 Å². The molecule has 1 heterocycles. The zero-order valence-electron chi connectivity index (χ0n) is 8.84. The Morgan fingerprint density at radius 2 is 2.00 bits per heavy atom. The summed E-state index contributed by atoms with van der Waals surface area (Å²) in [5, 5.41) is 1.10. The van der Waals surface area contributed by atoms with Gasteiger partial charge in [-0.15, -0.1) is 22.9 Å². The molecule has 4 heteroatoms. The average molecular weight is 317 g/mol. The van der Waals surface area contributed by atoms with E-state index < -0.39 is 0 Å². The van der Waals surface area contributed by atoms with E-state index in [9.17, 15) is 0 Å². The number of aromatic nitrogens is 1. The monoisotopic (exact) mass is 315 g/mol. The molecule has 1 aromatic carbocycles. The van der Waals surface area contributed by atoms with Gasteiger partial charge < -0.3 is 0 Å². The summed E-state index contributed by atoms with van der Waals surface area (Å²) in [6, 6.07) is 8.23. The maximum atomic E-state index is 5.80. The molecule has 0 unspecified atom stereocenters. The number of hydrogen-bond acceptors (Lipinski definition) is 2. The molecule has 0 radical (unpaired) electrons. The largest absolute Gasteiger partial charge is 0.241 e. The van der Waals surface area contributed by atoms with Crippen LogP contribution in [0.15, 0.2) is 28.7 Å². The van der Waals surface area contributed by atoms with Crippen LogP contribution in [-0.2, 0) is 6.42 Å². The molecule has 0 amide bonds. The fraction of sp³-hybridized carbons (Fsp3) is 0.250. The summed E-state index contributed by atoms with van der Waals surface area (Å²) in [7, 11) is 0. The van der Waals surface area contributed by atoms with Crippen LogP contribution in [0.2, 0.25) is 0 Å². The van der Waals surface area contributed by atoms with E-state index in [4.69, 9.17) is 11.6 Å². The molecule has 1 nitrogen and oxygen atoms in total. The van der Waals surface area contributed by atoms with Crippen LogP contribution in [0.25, 0.3) is 11.3 Å². The summed E-state index contributed by atoms with van der Waals surface area (Å²) < 4.78 is 1.09. The van der Waals surface area contributed by atoms with Crippen LogP contribution in [0.3, 0.4) is 0 Å². The third-order valence-corrected chi connectivity index (χ3v) is 3.99. The third-order valence-electron chi connectivity index (χ3n) is 2.24. The summed E-state index contributed by atoms with van der Waals surface area (Å²) in [5.74, 6) is 0.644. The van der Waals surface area contributed by atoms with Gasteiger partial charge in [-0.2, -0.15) is 0 Å². The van der Waals surface area contributed by atoms with Crippen molar-refractivity contribution in [3.63, 3.8) is 0 Å². The molecule has 1 aromatic heterocycles. The van der Waals surface area contributed by atoms with Crippen LogP contribution in [-0.4, -0.2) is 10.9 Å². The van der Waals surface area contributed by atoms with E-state index in [0.717, 1.165) is 27.2 Å². The van der Waals surface area contributed by atoms with Crippen molar-refractivity contribution in [1.82, 2.24) is 4.98 Å². The van der Waals surface area contributed by atoms with Crippen molar-refractivity contribution in [2.75, 3.05) is 5.88 Å². The highest BCUT2D eigenvalue weighted by molar-refractivity contribution is 9.10. The van der Waals surface area contributed by atoms with Crippen molar-refractivity contribution in [3.05, 3.63) is 38.6 Å². The number of rotatable bonds is 3. The van der Waals surface area contributed by atoms with Crippen LogP contribution in [0.4, 0.5) is 0 Å². The molecule has 2 aromatic rings. The maximum absolute atomic E-state index is 5.80. The van der Waals surface area contributed by atoms with Gasteiger partial charge in [-0.3, -0.25) is 0 Å². The molecule has 0 atom stereocenters. The number of thiazole rings is 1. The summed E-state index contributed by atoms with van der Waals surface area (Å²) >= 11 is 11.0. The number of hydrogen-bond donors (Lipinski definition) is 0. The first-order valence-electron chi connectivity index (χ1n) is 4.99. The molecule has 0 fully saturated rings. The summed E-state index contributed by atoms with van der Waals surface area (Å²) in [5.41, 5.74) is 2.24. The fourth-order valence-corrected chi connectivity index (χ4v) is 3.08. The van der Waals surface area contributed by atoms with Gasteiger partial charge in [0.25, 0.3) is 0 Å². The van der Waals surface area contributed by atoms with Crippen LogP contribution >= 0.6 is 38.9 Å². The van der Waals surface area contributed by atoms with Crippen molar-refractivity contribution in [3.8, 4) is 11.3 Å². The Hall–Kier alpha value is -0.380. The van der Waals surface area contributed by atoms with Gasteiger partial charge in [0.15, 0.2) is 0 Å². The quantitative estimate of drug-likeness (QED) is 0.750.